The quantitative estimate of drug-likeness (QED) is 0.116. The van der Waals surface area contributed by atoms with Gasteiger partial charge >= 0.3 is 0 Å². The van der Waals surface area contributed by atoms with Crippen molar-refractivity contribution in [2.24, 2.45) is 0 Å². The van der Waals surface area contributed by atoms with Crippen molar-refractivity contribution in [3.63, 3.8) is 0 Å². The van der Waals surface area contributed by atoms with E-state index in [1.165, 1.54) is 35.7 Å². The Bertz CT molecular complexity index is 1520. The molecule has 0 N–H and O–H groups in total. The molecule has 2 aromatic heterocycles. The summed E-state index contributed by atoms with van der Waals surface area (Å²) in [6.45, 7) is 5.35. The van der Waals surface area contributed by atoms with Crippen molar-refractivity contribution < 1.29 is 18.9 Å². The van der Waals surface area contributed by atoms with Gasteiger partial charge in [-0.1, -0.05) is 43.3 Å². The van der Waals surface area contributed by atoms with Crippen molar-refractivity contribution in [3.05, 3.63) is 76.0 Å². The number of nitro benzene ring substituents is 1. The smallest absolute Gasteiger partial charge is 0.269 e. The van der Waals surface area contributed by atoms with Crippen LogP contribution in [0.25, 0.3) is 22.6 Å². The van der Waals surface area contributed by atoms with Crippen LogP contribution in [0, 0.1) is 17.0 Å². The Morgan fingerprint density at radius 2 is 1.95 bits per heavy atom. The Morgan fingerprint density at radius 1 is 1.13 bits per heavy atom. The van der Waals surface area contributed by atoms with Gasteiger partial charge in [0.05, 0.1) is 10.6 Å². The number of aryl methyl sites for hydroxylation is 1. The van der Waals surface area contributed by atoms with E-state index in [1.54, 1.807) is 25.1 Å². The van der Waals surface area contributed by atoms with Gasteiger partial charge in [-0.2, -0.15) is 4.98 Å². The van der Waals surface area contributed by atoms with Crippen molar-refractivity contribution in [1.82, 2.24) is 15.2 Å². The number of unbranched alkanes of at least 4 members (excludes halogenated alkanes) is 1. The molecule has 194 valence electrons. The lowest BCUT2D eigenvalue weighted by molar-refractivity contribution is -0.384. The van der Waals surface area contributed by atoms with Gasteiger partial charge in [0.1, 0.15) is 5.76 Å². The minimum Gasteiger partial charge on any atom is -0.455 e. The topological polar surface area (TPSA) is 124 Å². The second kappa shape index (κ2) is 10.6. The molecule has 0 saturated carbocycles. The van der Waals surface area contributed by atoms with E-state index >= 15 is 0 Å². The Balaban J connectivity index is 1.59. The molecule has 2 aromatic carbocycles. The number of rotatable bonds is 7. The van der Waals surface area contributed by atoms with Crippen molar-refractivity contribution in [2.45, 2.75) is 45.0 Å². The van der Waals surface area contributed by atoms with E-state index in [4.69, 9.17) is 9.15 Å². The van der Waals surface area contributed by atoms with Gasteiger partial charge in [0.25, 0.3) is 5.69 Å². The van der Waals surface area contributed by atoms with Gasteiger partial charge in [0.15, 0.2) is 11.5 Å². The molecular formula is C27H25N5O5S. The van der Waals surface area contributed by atoms with Crippen LogP contribution in [0.3, 0.4) is 0 Å². The molecule has 0 radical (unpaired) electrons. The predicted molar refractivity (Wildman–Crippen MR) is 143 cm³/mol. The molecule has 0 spiro atoms. The number of thioether (sulfide) groups is 1. The normalized spacial score (nSPS) is 14.3. The number of nitrogens with zero attached hydrogens (tertiary/aromatic N) is 5. The molecular weight excluding hydrogens is 506 g/mol. The highest BCUT2D eigenvalue weighted by molar-refractivity contribution is 7.99. The highest BCUT2D eigenvalue weighted by atomic mass is 32.2. The summed E-state index contributed by atoms with van der Waals surface area (Å²) in [5.74, 6) is 1.71. The average molecular weight is 532 g/mol. The lowest BCUT2D eigenvalue weighted by Gasteiger charge is -2.28. The Hall–Kier alpha value is -4.25. The fourth-order valence-electron chi connectivity index (χ4n) is 4.27. The van der Waals surface area contributed by atoms with Crippen LogP contribution in [0.4, 0.5) is 11.4 Å². The first-order chi connectivity index (χ1) is 18.4. The van der Waals surface area contributed by atoms with Crippen molar-refractivity contribution in [2.75, 3.05) is 10.7 Å². The Kier molecular flexibility index (Phi) is 7.10. The van der Waals surface area contributed by atoms with Crippen LogP contribution in [-0.4, -0.2) is 31.8 Å². The fourth-order valence-corrected chi connectivity index (χ4v) is 5.14. The van der Waals surface area contributed by atoms with Crippen molar-refractivity contribution in [1.29, 1.82) is 0 Å². The minimum atomic E-state index is -0.966. The van der Waals surface area contributed by atoms with Crippen molar-refractivity contribution >= 4 is 29.0 Å². The third kappa shape index (κ3) is 4.84. The second-order valence-electron chi connectivity index (χ2n) is 8.78. The molecule has 0 aliphatic carbocycles. The van der Waals surface area contributed by atoms with E-state index in [1.807, 2.05) is 24.3 Å². The molecule has 0 saturated heterocycles. The number of benzene rings is 2. The third-order valence-corrected chi connectivity index (χ3v) is 7.06. The van der Waals surface area contributed by atoms with E-state index in [9.17, 15) is 14.9 Å². The van der Waals surface area contributed by atoms with Crippen LogP contribution in [0.1, 0.15) is 44.2 Å². The summed E-state index contributed by atoms with van der Waals surface area (Å²) in [6.07, 6.45) is 1.11. The van der Waals surface area contributed by atoms with Gasteiger partial charge in [0.2, 0.25) is 23.2 Å². The molecule has 0 fully saturated rings. The molecule has 1 aliphatic heterocycles. The maximum absolute atomic E-state index is 13.0. The van der Waals surface area contributed by atoms with E-state index in [0.29, 0.717) is 44.7 Å². The highest BCUT2D eigenvalue weighted by Gasteiger charge is 2.36. The lowest BCUT2D eigenvalue weighted by Crippen LogP contribution is -2.35. The minimum absolute atomic E-state index is 0.000828. The SMILES string of the molecule is CCCCSc1nnc2c(n1)OC(c1ccc(-c3ccc([N+](=O)[O-])cc3C)o1)N(C(C)=O)c1ccccc1-2. The number of non-ortho nitro benzene ring substituents is 1. The van der Waals surface area contributed by atoms with Gasteiger partial charge in [-0.3, -0.25) is 19.8 Å². The van der Waals surface area contributed by atoms with Crippen LogP contribution in [-0.2, 0) is 4.79 Å². The van der Waals surface area contributed by atoms with Gasteiger partial charge in [0, 0.05) is 35.9 Å². The Labute approximate surface area is 223 Å². The van der Waals surface area contributed by atoms with Crippen LogP contribution >= 0.6 is 11.8 Å². The number of anilines is 1. The Morgan fingerprint density at radius 3 is 2.68 bits per heavy atom. The fraction of sp³-hybridized carbons (Fsp3) is 0.259. The van der Waals surface area contributed by atoms with E-state index in [2.05, 4.69) is 22.1 Å². The zero-order valence-electron chi connectivity index (χ0n) is 21.1. The summed E-state index contributed by atoms with van der Waals surface area (Å²) in [5, 5.41) is 20.4. The number of furan rings is 1. The summed E-state index contributed by atoms with van der Waals surface area (Å²) in [6, 6.07) is 15.4. The van der Waals surface area contributed by atoms with Crippen molar-refractivity contribution in [3.8, 4) is 28.5 Å². The zero-order valence-corrected chi connectivity index (χ0v) is 21.9. The molecule has 38 heavy (non-hydrogen) atoms. The van der Waals surface area contributed by atoms with Gasteiger partial charge in [-0.05, 0) is 43.2 Å². The first kappa shape index (κ1) is 25.4. The van der Waals surface area contributed by atoms with Crippen LogP contribution in [0.2, 0.25) is 0 Å². The van der Waals surface area contributed by atoms with E-state index in [-0.39, 0.29) is 17.5 Å². The summed E-state index contributed by atoms with van der Waals surface area (Å²) >= 11 is 1.50. The standard InChI is InChI=1S/C27H25N5O5S/c1-4-5-14-38-27-28-25-24(29-30-27)20-8-6-7-9-21(20)31(17(3)33)26(37-25)23-13-12-22(36-23)19-11-10-18(32(34)35)15-16(19)2/h6-13,15,26H,4-5,14H2,1-3H3. The number of para-hydroxylation sites is 1. The molecule has 0 bridgehead atoms. The summed E-state index contributed by atoms with van der Waals surface area (Å²) in [5.41, 5.74) is 3.09. The van der Waals surface area contributed by atoms with Crippen LogP contribution < -0.4 is 9.64 Å². The van der Waals surface area contributed by atoms with Crippen LogP contribution in [0.15, 0.2) is 64.2 Å². The monoisotopic (exact) mass is 531 g/mol. The molecule has 1 amide bonds. The second-order valence-corrected chi connectivity index (χ2v) is 9.85. The van der Waals surface area contributed by atoms with Gasteiger partial charge < -0.3 is 9.15 Å². The number of nitro groups is 1. The maximum Gasteiger partial charge on any atom is 0.269 e. The number of carbonyl (C=O) groups excluding carboxylic acids is 1. The molecule has 4 aromatic rings. The van der Waals surface area contributed by atoms with Gasteiger partial charge in [-0.15, -0.1) is 10.2 Å². The maximum atomic E-state index is 13.0. The molecule has 3 heterocycles. The number of hydrogen-bond donors (Lipinski definition) is 0. The number of carbonyl (C=O) groups is 1. The molecule has 1 atom stereocenters. The first-order valence-electron chi connectivity index (χ1n) is 12.2. The molecule has 11 heteroatoms. The number of hydrogen-bond acceptors (Lipinski definition) is 9. The molecule has 5 rings (SSSR count). The number of ether oxygens (including phenoxy) is 1. The number of fused-ring (bicyclic) bond motifs is 3. The first-order valence-corrected chi connectivity index (χ1v) is 13.1. The molecule has 1 unspecified atom stereocenters. The number of aromatic nitrogens is 3. The third-order valence-electron chi connectivity index (χ3n) is 6.14. The summed E-state index contributed by atoms with van der Waals surface area (Å²) in [7, 11) is 0. The summed E-state index contributed by atoms with van der Waals surface area (Å²) in [4.78, 5) is 29.9. The van der Waals surface area contributed by atoms with Gasteiger partial charge in [-0.25, -0.2) is 0 Å². The number of amides is 1. The lowest BCUT2D eigenvalue weighted by atomic mass is 10.1. The molecule has 10 nitrogen and oxygen atoms in total. The zero-order chi connectivity index (χ0) is 26.8. The van der Waals surface area contributed by atoms with E-state index in [0.717, 1.165) is 18.6 Å². The molecule has 1 aliphatic rings. The summed E-state index contributed by atoms with van der Waals surface area (Å²) < 4.78 is 12.6. The average Bonchev–Trinajstić information content (AvgIpc) is 3.33. The van der Waals surface area contributed by atoms with Crippen LogP contribution in [0.5, 0.6) is 5.88 Å². The highest BCUT2D eigenvalue weighted by Crippen LogP contribution is 2.44. The predicted octanol–water partition coefficient (Wildman–Crippen LogP) is 6.35. The largest absolute Gasteiger partial charge is 0.455 e. The van der Waals surface area contributed by atoms with E-state index < -0.39 is 11.2 Å².